The summed E-state index contributed by atoms with van der Waals surface area (Å²) >= 11 is 0. The highest BCUT2D eigenvalue weighted by atomic mass is 16.1. The summed E-state index contributed by atoms with van der Waals surface area (Å²) in [6.07, 6.45) is 0.435. The highest BCUT2D eigenvalue weighted by molar-refractivity contribution is 5.91. The van der Waals surface area contributed by atoms with Crippen LogP contribution in [-0.2, 0) is 4.79 Å². The van der Waals surface area contributed by atoms with Gasteiger partial charge in [-0.3, -0.25) is 4.79 Å². The third-order valence-electron chi connectivity index (χ3n) is 4.47. The van der Waals surface area contributed by atoms with Crippen molar-refractivity contribution in [2.24, 2.45) is 0 Å². The standard InChI is InChI=1S/C21H29N3O/c1-5-24(6-2)20-11-9-18(10-12-20)23-21(25)13-14-22-19-8-7-16(3)17(4)15-19/h7-12,15,22H,5-6,13-14H2,1-4H3,(H,23,25). The molecular formula is C21H29N3O. The van der Waals surface area contributed by atoms with Gasteiger partial charge in [0.2, 0.25) is 5.91 Å². The Balaban J connectivity index is 1.80. The minimum atomic E-state index is 0.0203. The van der Waals surface area contributed by atoms with Crippen LogP contribution < -0.4 is 15.5 Å². The first-order valence-electron chi connectivity index (χ1n) is 8.99. The Morgan fingerprint density at radius 1 is 0.920 bits per heavy atom. The predicted octanol–water partition coefficient (Wildman–Crippen LogP) is 4.59. The molecule has 2 rings (SSSR count). The lowest BCUT2D eigenvalue weighted by molar-refractivity contribution is -0.115. The first-order valence-corrected chi connectivity index (χ1v) is 8.99. The molecule has 2 N–H and O–H groups in total. The molecule has 0 saturated heterocycles. The van der Waals surface area contributed by atoms with Gasteiger partial charge in [0.25, 0.3) is 0 Å². The molecule has 0 aliphatic rings. The number of carbonyl (C=O) groups is 1. The lowest BCUT2D eigenvalue weighted by Gasteiger charge is -2.21. The average Bonchev–Trinajstić information content (AvgIpc) is 2.60. The van der Waals surface area contributed by atoms with Gasteiger partial charge in [-0.25, -0.2) is 0 Å². The van der Waals surface area contributed by atoms with Crippen molar-refractivity contribution in [3.05, 3.63) is 53.6 Å². The van der Waals surface area contributed by atoms with Crippen LogP contribution in [-0.4, -0.2) is 25.5 Å². The Bertz CT molecular complexity index is 691. The third-order valence-corrected chi connectivity index (χ3v) is 4.47. The summed E-state index contributed by atoms with van der Waals surface area (Å²) in [5.41, 5.74) is 5.60. The normalized spacial score (nSPS) is 10.4. The maximum absolute atomic E-state index is 12.1. The molecule has 0 aliphatic carbocycles. The third kappa shape index (κ3) is 5.52. The van der Waals surface area contributed by atoms with Crippen LogP contribution in [0.1, 0.15) is 31.4 Å². The van der Waals surface area contributed by atoms with Gasteiger partial charge in [-0.1, -0.05) is 6.07 Å². The SMILES string of the molecule is CCN(CC)c1ccc(NC(=O)CCNc2ccc(C)c(C)c2)cc1. The topological polar surface area (TPSA) is 44.4 Å². The van der Waals surface area contributed by atoms with Crippen LogP contribution in [0, 0.1) is 13.8 Å². The van der Waals surface area contributed by atoms with Crippen LogP contribution in [0.4, 0.5) is 17.1 Å². The van der Waals surface area contributed by atoms with Gasteiger partial charge in [0.15, 0.2) is 0 Å². The zero-order valence-electron chi connectivity index (χ0n) is 15.7. The van der Waals surface area contributed by atoms with E-state index in [1.165, 1.54) is 16.8 Å². The summed E-state index contributed by atoms with van der Waals surface area (Å²) < 4.78 is 0. The van der Waals surface area contributed by atoms with Crippen LogP contribution in [0.25, 0.3) is 0 Å². The summed E-state index contributed by atoms with van der Waals surface area (Å²) in [5.74, 6) is 0.0203. The molecule has 0 unspecified atom stereocenters. The van der Waals surface area contributed by atoms with E-state index < -0.39 is 0 Å². The summed E-state index contributed by atoms with van der Waals surface area (Å²) in [7, 11) is 0. The van der Waals surface area contributed by atoms with Crippen molar-refractivity contribution in [1.82, 2.24) is 0 Å². The van der Waals surface area contributed by atoms with E-state index in [9.17, 15) is 4.79 Å². The van der Waals surface area contributed by atoms with Crippen LogP contribution in [0.5, 0.6) is 0 Å². The summed E-state index contributed by atoms with van der Waals surface area (Å²) in [5, 5.41) is 6.25. The van der Waals surface area contributed by atoms with Gasteiger partial charge in [0.1, 0.15) is 0 Å². The smallest absolute Gasteiger partial charge is 0.226 e. The molecular weight excluding hydrogens is 310 g/mol. The Hall–Kier alpha value is -2.49. The molecule has 1 amide bonds. The van der Waals surface area contributed by atoms with Gasteiger partial charge >= 0.3 is 0 Å². The first kappa shape index (κ1) is 18.8. The van der Waals surface area contributed by atoms with E-state index in [4.69, 9.17) is 0 Å². The van der Waals surface area contributed by atoms with E-state index in [0.29, 0.717) is 13.0 Å². The van der Waals surface area contributed by atoms with E-state index in [1.54, 1.807) is 0 Å². The number of anilines is 3. The number of rotatable bonds is 8. The van der Waals surface area contributed by atoms with E-state index in [0.717, 1.165) is 24.5 Å². The summed E-state index contributed by atoms with van der Waals surface area (Å²) in [6, 6.07) is 14.3. The largest absolute Gasteiger partial charge is 0.385 e. The van der Waals surface area contributed by atoms with Crippen molar-refractivity contribution in [3.63, 3.8) is 0 Å². The highest BCUT2D eigenvalue weighted by Gasteiger charge is 2.05. The molecule has 0 saturated carbocycles. The number of hydrogen-bond donors (Lipinski definition) is 2. The van der Waals surface area contributed by atoms with Crippen LogP contribution >= 0.6 is 0 Å². The predicted molar refractivity (Wildman–Crippen MR) is 108 cm³/mol. The highest BCUT2D eigenvalue weighted by Crippen LogP contribution is 2.18. The molecule has 0 aromatic heterocycles. The number of amides is 1. The number of benzene rings is 2. The summed E-state index contributed by atoms with van der Waals surface area (Å²) in [4.78, 5) is 14.4. The van der Waals surface area contributed by atoms with Crippen molar-refractivity contribution in [1.29, 1.82) is 0 Å². The van der Waals surface area contributed by atoms with Gasteiger partial charge < -0.3 is 15.5 Å². The van der Waals surface area contributed by atoms with Crippen molar-refractivity contribution in [2.75, 3.05) is 35.2 Å². The van der Waals surface area contributed by atoms with Gasteiger partial charge in [-0.15, -0.1) is 0 Å². The lowest BCUT2D eigenvalue weighted by atomic mass is 10.1. The molecule has 0 fully saturated rings. The zero-order valence-corrected chi connectivity index (χ0v) is 15.7. The lowest BCUT2D eigenvalue weighted by Crippen LogP contribution is -2.21. The molecule has 4 heteroatoms. The molecule has 4 nitrogen and oxygen atoms in total. The van der Waals surface area contributed by atoms with E-state index in [1.807, 2.05) is 18.2 Å². The van der Waals surface area contributed by atoms with Crippen molar-refractivity contribution >= 4 is 23.0 Å². The molecule has 25 heavy (non-hydrogen) atoms. The molecule has 134 valence electrons. The van der Waals surface area contributed by atoms with Crippen LogP contribution in [0.15, 0.2) is 42.5 Å². The maximum Gasteiger partial charge on any atom is 0.226 e. The molecule has 0 radical (unpaired) electrons. The Morgan fingerprint density at radius 2 is 1.56 bits per heavy atom. The number of hydrogen-bond acceptors (Lipinski definition) is 3. The van der Waals surface area contributed by atoms with E-state index in [-0.39, 0.29) is 5.91 Å². The van der Waals surface area contributed by atoms with Gasteiger partial charge in [-0.05, 0) is 75.2 Å². The van der Waals surface area contributed by atoms with Crippen LogP contribution in [0.3, 0.4) is 0 Å². The number of nitrogens with one attached hydrogen (secondary N) is 2. The minimum absolute atomic E-state index is 0.0203. The number of nitrogens with zero attached hydrogens (tertiary/aromatic N) is 1. The molecule has 0 spiro atoms. The zero-order chi connectivity index (χ0) is 18.2. The van der Waals surface area contributed by atoms with E-state index in [2.05, 4.69) is 67.5 Å². The fourth-order valence-corrected chi connectivity index (χ4v) is 2.74. The second kappa shape index (κ2) is 9.11. The second-order valence-electron chi connectivity index (χ2n) is 6.24. The number of aryl methyl sites for hydroxylation is 2. The fraction of sp³-hybridized carbons (Fsp3) is 0.381. The molecule has 0 atom stereocenters. The average molecular weight is 339 g/mol. The van der Waals surface area contributed by atoms with Gasteiger partial charge in [-0.2, -0.15) is 0 Å². The van der Waals surface area contributed by atoms with Gasteiger partial charge in [0, 0.05) is 43.1 Å². The van der Waals surface area contributed by atoms with Crippen molar-refractivity contribution in [3.8, 4) is 0 Å². The van der Waals surface area contributed by atoms with Crippen molar-refractivity contribution < 1.29 is 4.79 Å². The molecule has 0 aliphatic heterocycles. The fourth-order valence-electron chi connectivity index (χ4n) is 2.74. The quantitative estimate of drug-likeness (QED) is 0.739. The second-order valence-corrected chi connectivity index (χ2v) is 6.24. The van der Waals surface area contributed by atoms with Gasteiger partial charge in [0.05, 0.1) is 0 Å². The van der Waals surface area contributed by atoms with Crippen LogP contribution in [0.2, 0.25) is 0 Å². The van der Waals surface area contributed by atoms with Crippen molar-refractivity contribution in [2.45, 2.75) is 34.1 Å². The summed E-state index contributed by atoms with van der Waals surface area (Å²) in [6.45, 7) is 11.0. The molecule has 0 bridgehead atoms. The number of carbonyl (C=O) groups excluding carboxylic acids is 1. The maximum atomic E-state index is 12.1. The van der Waals surface area contributed by atoms with E-state index >= 15 is 0 Å². The first-order chi connectivity index (χ1) is 12.0. The molecule has 0 heterocycles. The molecule has 2 aromatic rings. The molecule has 2 aromatic carbocycles. The Morgan fingerprint density at radius 3 is 2.16 bits per heavy atom. The Labute approximate surface area is 151 Å². The monoisotopic (exact) mass is 339 g/mol. The Kier molecular flexibility index (Phi) is 6.87. The minimum Gasteiger partial charge on any atom is -0.385 e.